The largest absolute Gasteiger partial charge is 0.508 e. The molecule has 1 aromatic heterocycles. The number of likely N-dealkylation sites (tertiary alicyclic amines) is 1. The number of nitrogens with zero attached hydrogens (tertiary/aromatic N) is 2. The number of fused-ring (bicyclic) bond motifs is 4. The van der Waals surface area contributed by atoms with Crippen molar-refractivity contribution in [1.29, 1.82) is 0 Å². The number of phenols is 1. The number of phenolic OH excluding ortho intramolecular Hbond substituents is 1. The molecule has 1 saturated carbocycles. The number of imide groups is 2. The lowest BCUT2D eigenvalue weighted by atomic mass is 9.51. The van der Waals surface area contributed by atoms with Crippen LogP contribution in [0.1, 0.15) is 36.1 Å². The minimum Gasteiger partial charge on any atom is -0.508 e. The summed E-state index contributed by atoms with van der Waals surface area (Å²) >= 11 is 1.50. The lowest BCUT2D eigenvalue weighted by molar-refractivity contribution is -0.141. The number of allylic oxidation sites excluding steroid dienone is 2. The van der Waals surface area contributed by atoms with E-state index in [-0.39, 0.29) is 42.3 Å². The molecular weight excluding hydrogens is 552 g/mol. The fourth-order valence-corrected chi connectivity index (χ4v) is 8.55. The summed E-state index contributed by atoms with van der Waals surface area (Å²) in [4.78, 5) is 59.7. The molecule has 0 bridgehead atoms. The highest BCUT2D eigenvalue weighted by Crippen LogP contribution is 2.64. The normalized spacial score (nSPS) is 30.2. The van der Waals surface area contributed by atoms with E-state index in [1.165, 1.54) is 34.3 Å². The maximum absolute atomic E-state index is 14.4. The van der Waals surface area contributed by atoms with Crippen LogP contribution in [0.5, 0.6) is 11.5 Å². The van der Waals surface area contributed by atoms with Crippen LogP contribution in [0, 0.1) is 29.1 Å². The van der Waals surface area contributed by atoms with Crippen molar-refractivity contribution in [2.24, 2.45) is 29.1 Å². The fourth-order valence-electron chi connectivity index (χ4n) is 7.85. The van der Waals surface area contributed by atoms with Gasteiger partial charge in [-0.1, -0.05) is 35.9 Å². The maximum atomic E-state index is 14.4. The molecular formula is C33H30N2O6S. The van der Waals surface area contributed by atoms with Crippen molar-refractivity contribution in [1.82, 2.24) is 4.90 Å². The van der Waals surface area contributed by atoms with Crippen molar-refractivity contribution < 1.29 is 29.0 Å². The van der Waals surface area contributed by atoms with Crippen molar-refractivity contribution in [3.05, 3.63) is 88.1 Å². The van der Waals surface area contributed by atoms with E-state index in [4.69, 9.17) is 4.74 Å². The molecule has 42 heavy (non-hydrogen) atoms. The predicted octanol–water partition coefficient (Wildman–Crippen LogP) is 4.89. The Morgan fingerprint density at radius 1 is 0.976 bits per heavy atom. The summed E-state index contributed by atoms with van der Waals surface area (Å²) in [5, 5.41) is 13.1. The highest BCUT2D eigenvalue weighted by Gasteiger charge is 2.67. The van der Waals surface area contributed by atoms with Gasteiger partial charge in [0.05, 0.1) is 42.5 Å². The molecule has 1 N–H and O–H groups in total. The zero-order chi connectivity index (χ0) is 29.3. The number of hydrogen-bond donors (Lipinski definition) is 1. The third-order valence-corrected chi connectivity index (χ3v) is 10.7. The van der Waals surface area contributed by atoms with Crippen LogP contribution < -0.4 is 9.64 Å². The van der Waals surface area contributed by atoms with Gasteiger partial charge in [0.1, 0.15) is 11.5 Å². The molecule has 4 amide bonds. The Labute approximate surface area is 247 Å². The highest BCUT2D eigenvalue weighted by molar-refractivity contribution is 7.09. The number of benzene rings is 2. The van der Waals surface area contributed by atoms with Gasteiger partial charge in [0.2, 0.25) is 23.6 Å². The van der Waals surface area contributed by atoms with E-state index < -0.39 is 35.0 Å². The molecule has 6 atom stereocenters. The molecule has 0 radical (unpaired) electrons. The van der Waals surface area contributed by atoms with Crippen LogP contribution >= 0.6 is 11.3 Å². The lowest BCUT2D eigenvalue weighted by Crippen LogP contribution is -2.48. The number of thiophene rings is 1. The number of methoxy groups -OCH3 is 1. The number of para-hydroxylation sites is 1. The van der Waals surface area contributed by atoms with Crippen molar-refractivity contribution in [2.45, 2.75) is 32.2 Å². The molecule has 7 rings (SSSR count). The SMILES string of the molecule is COc1ccc(O)c([C@H]2C3=CC[C@@H]4C(=O)N(Cc5cccs5)C(=O)[C@@H]4[C@@H]3C[C@H]3C(=O)N(c4ccccc4)C(=O)[C@@]23C)c1. The van der Waals surface area contributed by atoms with Crippen LogP contribution in [-0.4, -0.2) is 40.7 Å². The van der Waals surface area contributed by atoms with Gasteiger partial charge in [0.15, 0.2) is 0 Å². The van der Waals surface area contributed by atoms with Gasteiger partial charge in [-0.15, -0.1) is 11.3 Å². The van der Waals surface area contributed by atoms with Gasteiger partial charge in [-0.25, -0.2) is 4.90 Å². The summed E-state index contributed by atoms with van der Waals surface area (Å²) in [5.41, 5.74) is 0.558. The summed E-state index contributed by atoms with van der Waals surface area (Å²) in [6, 6.07) is 17.5. The van der Waals surface area contributed by atoms with Crippen LogP contribution in [0.4, 0.5) is 5.69 Å². The fraction of sp³-hybridized carbons (Fsp3) is 0.333. The smallest absolute Gasteiger partial charge is 0.241 e. The Morgan fingerprint density at radius 2 is 1.76 bits per heavy atom. The van der Waals surface area contributed by atoms with Crippen molar-refractivity contribution in [3.8, 4) is 11.5 Å². The van der Waals surface area contributed by atoms with Gasteiger partial charge in [0.25, 0.3) is 0 Å². The van der Waals surface area contributed by atoms with Gasteiger partial charge in [-0.3, -0.25) is 24.1 Å². The van der Waals surface area contributed by atoms with Crippen molar-refractivity contribution in [2.75, 3.05) is 12.0 Å². The third kappa shape index (κ3) is 3.65. The zero-order valence-corrected chi connectivity index (χ0v) is 24.0. The van der Waals surface area contributed by atoms with Crippen LogP contribution in [-0.2, 0) is 25.7 Å². The second-order valence-electron chi connectivity index (χ2n) is 11.8. The van der Waals surface area contributed by atoms with Crippen LogP contribution in [0.2, 0.25) is 0 Å². The zero-order valence-electron chi connectivity index (χ0n) is 23.2. The average Bonchev–Trinajstić information content (AvgIpc) is 3.65. The van der Waals surface area contributed by atoms with Gasteiger partial charge >= 0.3 is 0 Å². The van der Waals surface area contributed by atoms with E-state index in [1.807, 2.05) is 29.7 Å². The number of hydrogen-bond acceptors (Lipinski definition) is 7. The summed E-state index contributed by atoms with van der Waals surface area (Å²) in [6.07, 6.45) is 2.61. The van der Waals surface area contributed by atoms with Crippen LogP contribution in [0.15, 0.2) is 77.7 Å². The Balaban J connectivity index is 1.37. The van der Waals surface area contributed by atoms with E-state index in [0.29, 0.717) is 23.4 Å². The predicted molar refractivity (Wildman–Crippen MR) is 156 cm³/mol. The minimum absolute atomic E-state index is 0.0176. The Morgan fingerprint density at radius 3 is 2.48 bits per heavy atom. The lowest BCUT2D eigenvalue weighted by Gasteiger charge is -2.49. The molecule has 4 aliphatic rings. The molecule has 3 aromatic rings. The standard InChI is InChI=1S/C33H30N2O6S/c1-33-25(30(38)35(32(33)40)18-7-4-3-5-8-18)16-23-21(28(33)24-15-19(41-2)10-13-26(24)36)11-12-22-27(23)31(39)34(29(22)37)17-20-9-6-14-42-20/h3-11,13-15,22-23,25,27-28,36H,12,16-17H2,1-2H3/t22-,23+,25-,27-,28+,33+/m0/s1. The number of rotatable bonds is 5. The van der Waals surface area contributed by atoms with E-state index in [9.17, 15) is 24.3 Å². The summed E-state index contributed by atoms with van der Waals surface area (Å²) in [7, 11) is 1.53. The Bertz CT molecular complexity index is 1650. The van der Waals surface area contributed by atoms with Gasteiger partial charge in [-0.2, -0.15) is 0 Å². The van der Waals surface area contributed by atoms with Crippen molar-refractivity contribution >= 4 is 40.7 Å². The molecule has 214 valence electrons. The monoisotopic (exact) mass is 582 g/mol. The van der Waals surface area contributed by atoms with E-state index in [2.05, 4.69) is 0 Å². The van der Waals surface area contributed by atoms with Crippen LogP contribution in [0.3, 0.4) is 0 Å². The minimum atomic E-state index is -1.23. The molecule has 2 saturated heterocycles. The highest BCUT2D eigenvalue weighted by atomic mass is 32.1. The molecule has 3 fully saturated rings. The van der Waals surface area contributed by atoms with Crippen molar-refractivity contribution in [3.63, 3.8) is 0 Å². The third-order valence-electron chi connectivity index (χ3n) is 9.82. The molecule has 8 nitrogen and oxygen atoms in total. The second-order valence-corrected chi connectivity index (χ2v) is 12.8. The molecule has 0 spiro atoms. The molecule has 2 aliphatic heterocycles. The quantitative estimate of drug-likeness (QED) is 0.339. The van der Waals surface area contributed by atoms with Crippen LogP contribution in [0.25, 0.3) is 0 Å². The molecule has 3 heterocycles. The molecule has 2 aromatic carbocycles. The Hall–Kier alpha value is -4.24. The summed E-state index contributed by atoms with van der Waals surface area (Å²) < 4.78 is 5.49. The van der Waals surface area contributed by atoms with E-state index in [0.717, 1.165) is 10.5 Å². The Kier molecular flexibility index (Phi) is 6.13. The van der Waals surface area contributed by atoms with Gasteiger partial charge in [0, 0.05) is 16.4 Å². The molecule has 0 unspecified atom stereocenters. The molecule has 2 aliphatic carbocycles. The first-order valence-corrected chi connectivity index (χ1v) is 15.0. The molecule has 9 heteroatoms. The number of amides is 4. The van der Waals surface area contributed by atoms with E-state index >= 15 is 0 Å². The number of anilines is 1. The first kappa shape index (κ1) is 26.6. The van der Waals surface area contributed by atoms with Gasteiger partial charge < -0.3 is 9.84 Å². The first-order chi connectivity index (χ1) is 20.3. The first-order valence-electron chi connectivity index (χ1n) is 14.1. The summed E-state index contributed by atoms with van der Waals surface area (Å²) in [6.45, 7) is 2.03. The topological polar surface area (TPSA) is 104 Å². The summed E-state index contributed by atoms with van der Waals surface area (Å²) in [5.74, 6) is -3.65. The second kappa shape index (κ2) is 9.66. The van der Waals surface area contributed by atoms with E-state index in [1.54, 1.807) is 43.3 Å². The number of aromatic hydroxyl groups is 1. The number of ether oxygens (including phenoxy) is 1. The average molecular weight is 583 g/mol. The number of carbonyl (C=O) groups excluding carboxylic acids is 4. The van der Waals surface area contributed by atoms with Gasteiger partial charge in [-0.05, 0) is 67.5 Å². The number of carbonyl (C=O) groups is 4. The maximum Gasteiger partial charge on any atom is 0.241 e.